The van der Waals surface area contributed by atoms with Gasteiger partial charge in [0.1, 0.15) is 18.3 Å². The molecule has 0 aromatic rings. The minimum absolute atomic E-state index is 0.250. The average Bonchev–Trinajstić information content (AvgIpc) is 2.05. The zero-order valence-corrected chi connectivity index (χ0v) is 7.04. The third-order valence-electron chi connectivity index (χ3n) is 1.58. The fraction of sp³-hybridized carbons (Fsp3) is 0.857. The number of carbonyl (C=O) groups excluding carboxylic acids is 1. The fourth-order valence-corrected chi connectivity index (χ4v) is 0.833. The van der Waals surface area contributed by atoms with E-state index >= 15 is 0 Å². The lowest BCUT2D eigenvalue weighted by Crippen LogP contribution is -2.45. The van der Waals surface area contributed by atoms with Crippen LogP contribution in [0.3, 0.4) is 0 Å². The molecule has 0 aliphatic heterocycles. The van der Waals surface area contributed by atoms with Gasteiger partial charge in [0.25, 0.3) is 0 Å². The number of rotatable bonds is 5. The molecule has 0 fully saturated rings. The number of aliphatic hydroxyl groups excluding tert-OH is 3. The number of hydrogen-bond acceptors (Lipinski definition) is 5. The molecule has 4 atom stereocenters. The van der Waals surface area contributed by atoms with E-state index in [-0.39, 0.29) is 6.29 Å². The molecule has 0 spiro atoms. The van der Waals surface area contributed by atoms with Gasteiger partial charge in [-0.3, -0.25) is 0 Å². The van der Waals surface area contributed by atoms with E-state index in [1.54, 1.807) is 0 Å². The first-order valence-corrected chi connectivity index (χ1v) is 3.56. The summed E-state index contributed by atoms with van der Waals surface area (Å²) in [6, 6.07) is 0. The van der Waals surface area contributed by atoms with Crippen LogP contribution in [0.25, 0.3) is 0 Å². The molecule has 0 radical (unpaired) electrons. The van der Waals surface area contributed by atoms with Crippen molar-refractivity contribution in [3.63, 3.8) is 0 Å². The van der Waals surface area contributed by atoms with Gasteiger partial charge in [-0.15, -0.1) is 0 Å². The van der Waals surface area contributed by atoms with Crippen molar-refractivity contribution in [1.82, 2.24) is 0 Å². The first-order chi connectivity index (χ1) is 5.54. The Labute approximate surface area is 70.6 Å². The quantitative estimate of drug-likeness (QED) is 0.437. The van der Waals surface area contributed by atoms with E-state index in [1.807, 2.05) is 0 Å². The lowest BCUT2D eigenvalue weighted by molar-refractivity contribution is -0.138. The highest BCUT2D eigenvalue weighted by atomic mass is 16.5. The second-order valence-corrected chi connectivity index (χ2v) is 2.56. The molecule has 0 aromatic heterocycles. The smallest absolute Gasteiger partial charge is 0.151 e. The van der Waals surface area contributed by atoms with Crippen molar-refractivity contribution in [1.29, 1.82) is 0 Å². The highest BCUT2D eigenvalue weighted by Crippen LogP contribution is 2.06. The summed E-state index contributed by atoms with van der Waals surface area (Å²) in [7, 11) is 1.24. The molecule has 0 aliphatic rings. The van der Waals surface area contributed by atoms with E-state index in [0.29, 0.717) is 0 Å². The molecule has 0 saturated heterocycles. The van der Waals surface area contributed by atoms with Gasteiger partial charge in [0.15, 0.2) is 6.29 Å². The van der Waals surface area contributed by atoms with Gasteiger partial charge >= 0.3 is 0 Å². The second kappa shape index (κ2) is 5.21. The van der Waals surface area contributed by atoms with Gasteiger partial charge in [0, 0.05) is 7.11 Å². The third kappa shape index (κ3) is 2.86. The Kier molecular flexibility index (Phi) is 5.00. The zero-order chi connectivity index (χ0) is 9.72. The number of carbonyl (C=O) groups is 1. The van der Waals surface area contributed by atoms with Crippen LogP contribution in [0.15, 0.2) is 0 Å². The summed E-state index contributed by atoms with van der Waals surface area (Å²) in [5.74, 6) is 0. The summed E-state index contributed by atoms with van der Waals surface area (Å²) in [6.45, 7) is 1.34. The Balaban J connectivity index is 4.22. The summed E-state index contributed by atoms with van der Waals surface area (Å²) in [5.41, 5.74) is 0. The van der Waals surface area contributed by atoms with Crippen LogP contribution in [0.2, 0.25) is 0 Å². The van der Waals surface area contributed by atoms with Gasteiger partial charge in [-0.1, -0.05) is 0 Å². The molecule has 5 heteroatoms. The molecule has 0 bridgehead atoms. The van der Waals surface area contributed by atoms with Crippen molar-refractivity contribution >= 4 is 6.29 Å². The highest BCUT2D eigenvalue weighted by molar-refractivity contribution is 5.56. The maximum absolute atomic E-state index is 10.1. The molecule has 0 amide bonds. The number of methoxy groups -OCH3 is 1. The summed E-state index contributed by atoms with van der Waals surface area (Å²) >= 11 is 0. The van der Waals surface area contributed by atoms with Crippen molar-refractivity contribution in [2.45, 2.75) is 31.3 Å². The Morgan fingerprint density at radius 3 is 2.08 bits per heavy atom. The third-order valence-corrected chi connectivity index (χ3v) is 1.58. The predicted octanol–water partition coefficient (Wildman–Crippen LogP) is -1.70. The van der Waals surface area contributed by atoms with Crippen LogP contribution in [0, 0.1) is 0 Å². The van der Waals surface area contributed by atoms with Crippen molar-refractivity contribution in [2.75, 3.05) is 7.11 Å². The fourth-order valence-electron chi connectivity index (χ4n) is 0.833. The monoisotopic (exact) mass is 178 g/mol. The summed E-state index contributed by atoms with van der Waals surface area (Å²) in [4.78, 5) is 10.1. The normalized spacial score (nSPS) is 21.1. The summed E-state index contributed by atoms with van der Waals surface area (Å²) in [5, 5.41) is 27.1. The van der Waals surface area contributed by atoms with Crippen LogP contribution in [-0.4, -0.2) is 53.1 Å². The molecule has 5 nitrogen and oxygen atoms in total. The highest BCUT2D eigenvalue weighted by Gasteiger charge is 2.29. The van der Waals surface area contributed by atoms with Crippen LogP contribution in [-0.2, 0) is 9.53 Å². The van der Waals surface area contributed by atoms with E-state index in [9.17, 15) is 9.90 Å². The molecule has 72 valence electrons. The van der Waals surface area contributed by atoms with Crippen LogP contribution >= 0.6 is 0 Å². The maximum Gasteiger partial charge on any atom is 0.151 e. The predicted molar refractivity (Wildman–Crippen MR) is 40.6 cm³/mol. The van der Waals surface area contributed by atoms with Gasteiger partial charge in [0.2, 0.25) is 0 Å². The number of hydrogen-bond donors (Lipinski definition) is 3. The molecule has 12 heavy (non-hydrogen) atoms. The van der Waals surface area contributed by atoms with Gasteiger partial charge < -0.3 is 24.9 Å². The summed E-state index contributed by atoms with van der Waals surface area (Å²) in [6.07, 6.45) is -4.57. The van der Waals surface area contributed by atoms with Gasteiger partial charge in [-0.2, -0.15) is 0 Å². The van der Waals surface area contributed by atoms with E-state index in [1.165, 1.54) is 14.0 Å². The minimum Gasteiger partial charge on any atom is -0.391 e. The van der Waals surface area contributed by atoms with E-state index in [2.05, 4.69) is 4.74 Å². The first-order valence-electron chi connectivity index (χ1n) is 3.56. The van der Waals surface area contributed by atoms with Crippen LogP contribution in [0.4, 0.5) is 0 Å². The van der Waals surface area contributed by atoms with Gasteiger partial charge in [-0.25, -0.2) is 0 Å². The minimum atomic E-state index is -1.42. The number of aliphatic hydroxyl groups is 3. The lowest BCUT2D eigenvalue weighted by atomic mass is 10.1. The number of ether oxygens (including phenoxy) is 1. The van der Waals surface area contributed by atoms with Crippen molar-refractivity contribution in [3.05, 3.63) is 0 Å². The van der Waals surface area contributed by atoms with E-state index in [4.69, 9.17) is 10.2 Å². The van der Waals surface area contributed by atoms with Crippen LogP contribution in [0.5, 0.6) is 0 Å². The van der Waals surface area contributed by atoms with Crippen LogP contribution in [0.1, 0.15) is 6.92 Å². The van der Waals surface area contributed by atoms with Crippen molar-refractivity contribution < 1.29 is 24.9 Å². The molecule has 0 rings (SSSR count). The zero-order valence-electron chi connectivity index (χ0n) is 7.04. The molecular weight excluding hydrogens is 164 g/mol. The molecular formula is C7H14O5. The Hall–Kier alpha value is -0.490. The largest absolute Gasteiger partial charge is 0.391 e. The van der Waals surface area contributed by atoms with Crippen molar-refractivity contribution in [3.8, 4) is 0 Å². The summed E-state index contributed by atoms with van der Waals surface area (Å²) < 4.78 is 4.63. The second-order valence-electron chi connectivity index (χ2n) is 2.56. The first kappa shape index (κ1) is 11.5. The van der Waals surface area contributed by atoms with Gasteiger partial charge in [0.05, 0.1) is 6.10 Å². The molecule has 3 N–H and O–H groups in total. The van der Waals surface area contributed by atoms with E-state index in [0.717, 1.165) is 0 Å². The maximum atomic E-state index is 10.1. The molecule has 0 aliphatic carbocycles. The number of aldehydes is 1. The Morgan fingerprint density at radius 2 is 1.83 bits per heavy atom. The van der Waals surface area contributed by atoms with E-state index < -0.39 is 24.4 Å². The Morgan fingerprint density at radius 1 is 1.33 bits per heavy atom. The molecule has 0 saturated carbocycles. The average molecular weight is 178 g/mol. The van der Waals surface area contributed by atoms with Crippen LogP contribution < -0.4 is 0 Å². The topological polar surface area (TPSA) is 87.0 Å². The van der Waals surface area contributed by atoms with Crippen molar-refractivity contribution in [2.24, 2.45) is 0 Å². The SMILES string of the molecule is CO[C@H]([C@@H](O)[C@H](C)O)[C@H](O)C=O. The van der Waals surface area contributed by atoms with Gasteiger partial charge in [-0.05, 0) is 6.92 Å². The molecule has 0 heterocycles. The Bertz CT molecular complexity index is 136. The standard InChI is InChI=1S/C7H14O5/c1-4(9)6(11)7(12-2)5(10)3-8/h3-7,9-11H,1-2H3/t4-,5+,6-,7-/m0/s1. The molecule has 0 aromatic carbocycles. The molecule has 0 unspecified atom stereocenters. The lowest BCUT2D eigenvalue weighted by Gasteiger charge is -2.24.